The molecule has 20 heavy (non-hydrogen) atoms. The van der Waals surface area contributed by atoms with Crippen LogP contribution in [-0.4, -0.2) is 17.0 Å². The van der Waals surface area contributed by atoms with Gasteiger partial charge < -0.3 is 0 Å². The van der Waals surface area contributed by atoms with Crippen molar-refractivity contribution in [1.82, 2.24) is 0 Å². The van der Waals surface area contributed by atoms with E-state index in [-0.39, 0.29) is 0 Å². The Morgan fingerprint density at radius 3 is 0.900 bits per heavy atom. The van der Waals surface area contributed by atoms with Crippen molar-refractivity contribution in [2.75, 3.05) is 0 Å². The van der Waals surface area contributed by atoms with E-state index in [1.54, 1.807) is 77.0 Å². The zero-order valence-electron chi connectivity index (χ0n) is 13.5. The molecular weight excluding hydrogens is 259 g/mol. The highest BCUT2D eigenvalue weighted by Gasteiger charge is 2.36. The van der Waals surface area contributed by atoms with E-state index in [1.165, 1.54) is 42.7 Å². The molecule has 0 bridgehead atoms. The van der Waals surface area contributed by atoms with E-state index < -0.39 is 0 Å². The highest BCUT2D eigenvalue weighted by Crippen LogP contribution is 2.61. The summed E-state index contributed by atoms with van der Waals surface area (Å²) in [5.41, 5.74) is 3.55. The fourth-order valence-corrected chi connectivity index (χ4v) is 9.88. The Morgan fingerprint density at radius 1 is 0.350 bits per heavy atom. The summed E-state index contributed by atoms with van der Waals surface area (Å²) in [5, 5.41) is 0. The number of hydrogen-bond donors (Lipinski definition) is 0. The van der Waals surface area contributed by atoms with Gasteiger partial charge in [-0.05, 0) is 55.5 Å². The van der Waals surface area contributed by atoms with E-state index in [0.717, 1.165) is 0 Å². The third-order valence-corrected chi connectivity index (χ3v) is 10.3. The van der Waals surface area contributed by atoms with Gasteiger partial charge in [0, 0.05) is 0 Å². The van der Waals surface area contributed by atoms with Gasteiger partial charge in [-0.15, -0.1) is 0 Å². The molecule has 3 aliphatic rings. The van der Waals surface area contributed by atoms with Crippen LogP contribution in [0.1, 0.15) is 103 Å². The highest BCUT2D eigenvalue weighted by molar-refractivity contribution is 7.59. The van der Waals surface area contributed by atoms with Crippen molar-refractivity contribution in [3.05, 3.63) is 0 Å². The van der Waals surface area contributed by atoms with Gasteiger partial charge in [0.25, 0.3) is 0 Å². The monoisotopic (exact) mass is 294 g/mol. The van der Waals surface area contributed by atoms with Crippen molar-refractivity contribution in [2.45, 2.75) is 120 Å². The van der Waals surface area contributed by atoms with Gasteiger partial charge in [-0.3, -0.25) is 0 Å². The Kier molecular flexibility index (Phi) is 6.26. The van der Waals surface area contributed by atoms with Crippen LogP contribution < -0.4 is 0 Å². The van der Waals surface area contributed by atoms with Crippen LogP contribution >= 0.6 is 7.92 Å². The lowest BCUT2D eigenvalue weighted by Crippen LogP contribution is -2.26. The first-order chi connectivity index (χ1) is 9.95. The molecule has 0 heterocycles. The standard InChI is InChI=1S/C19H35P/c1-2-6-12-17(11-5-1)20(18-13-7-3-8-14-18)19-15-9-4-10-16-19/h17-19H,1-16H2. The fraction of sp³-hybridized carbons (Fsp3) is 1.00. The normalized spacial score (nSPS) is 28.6. The van der Waals surface area contributed by atoms with E-state index in [1.807, 2.05) is 0 Å². The molecule has 3 aliphatic carbocycles. The Hall–Kier alpha value is 0.430. The molecule has 0 aromatic rings. The predicted octanol–water partition coefficient (Wildman–Crippen LogP) is 6.86. The minimum Gasteiger partial charge on any atom is -0.0971 e. The Bertz CT molecular complexity index is 237. The minimum absolute atomic E-state index is 0.368. The van der Waals surface area contributed by atoms with Crippen LogP contribution in [0.15, 0.2) is 0 Å². The highest BCUT2D eigenvalue weighted by atomic mass is 31.1. The molecule has 0 aliphatic heterocycles. The van der Waals surface area contributed by atoms with Crippen LogP contribution in [0.25, 0.3) is 0 Å². The smallest absolute Gasteiger partial charge is 0.0204 e. The second-order valence-electron chi connectivity index (χ2n) is 7.68. The summed E-state index contributed by atoms with van der Waals surface area (Å²) < 4.78 is 0. The third kappa shape index (κ3) is 4.00. The van der Waals surface area contributed by atoms with Crippen LogP contribution in [0.2, 0.25) is 0 Å². The van der Waals surface area contributed by atoms with Gasteiger partial charge in [0.15, 0.2) is 0 Å². The van der Waals surface area contributed by atoms with Gasteiger partial charge in [-0.1, -0.05) is 72.1 Å². The Labute approximate surface area is 128 Å². The zero-order valence-corrected chi connectivity index (χ0v) is 14.4. The van der Waals surface area contributed by atoms with Crippen molar-refractivity contribution < 1.29 is 0 Å². The van der Waals surface area contributed by atoms with E-state index in [2.05, 4.69) is 0 Å². The topological polar surface area (TPSA) is 0 Å². The molecule has 0 radical (unpaired) electrons. The second kappa shape index (κ2) is 8.17. The van der Waals surface area contributed by atoms with E-state index >= 15 is 0 Å². The van der Waals surface area contributed by atoms with Crippen LogP contribution in [-0.2, 0) is 0 Å². The average Bonchev–Trinajstić information content (AvgIpc) is 2.79. The first-order valence-electron chi connectivity index (χ1n) is 9.72. The van der Waals surface area contributed by atoms with Crippen LogP contribution in [0.3, 0.4) is 0 Å². The van der Waals surface area contributed by atoms with Gasteiger partial charge in [-0.25, -0.2) is 0 Å². The molecule has 1 heteroatoms. The summed E-state index contributed by atoms with van der Waals surface area (Å²) >= 11 is 0. The first kappa shape index (κ1) is 15.3. The quantitative estimate of drug-likeness (QED) is 0.394. The summed E-state index contributed by atoms with van der Waals surface area (Å²) in [6, 6.07) is 0. The van der Waals surface area contributed by atoms with Gasteiger partial charge in [0.2, 0.25) is 0 Å². The molecule has 0 spiro atoms. The summed E-state index contributed by atoms with van der Waals surface area (Å²) in [4.78, 5) is 0. The third-order valence-electron chi connectivity index (χ3n) is 6.24. The van der Waals surface area contributed by atoms with Gasteiger partial charge in [0.1, 0.15) is 0 Å². The molecule has 3 rings (SSSR count). The summed E-state index contributed by atoms with van der Waals surface area (Å²) in [5.74, 6) is 0. The molecule has 0 N–H and O–H groups in total. The SMILES string of the molecule is C1CCCC(P(C2CCCCC2)C2CCCCC2)CC1. The Balaban J connectivity index is 1.70. The van der Waals surface area contributed by atoms with E-state index in [9.17, 15) is 0 Å². The van der Waals surface area contributed by atoms with Crippen molar-refractivity contribution in [3.8, 4) is 0 Å². The first-order valence-corrected chi connectivity index (χ1v) is 11.3. The van der Waals surface area contributed by atoms with Crippen molar-refractivity contribution in [3.63, 3.8) is 0 Å². The summed E-state index contributed by atoms with van der Waals surface area (Å²) in [7, 11) is 0.368. The van der Waals surface area contributed by atoms with Crippen molar-refractivity contribution in [2.24, 2.45) is 0 Å². The van der Waals surface area contributed by atoms with Crippen LogP contribution in [0.5, 0.6) is 0 Å². The van der Waals surface area contributed by atoms with E-state index in [4.69, 9.17) is 0 Å². The fourth-order valence-electron chi connectivity index (χ4n) is 5.21. The summed E-state index contributed by atoms with van der Waals surface area (Å²) in [6.07, 6.45) is 25.2. The number of hydrogen-bond acceptors (Lipinski definition) is 0. The molecule has 0 amide bonds. The largest absolute Gasteiger partial charge is 0.0971 e. The van der Waals surface area contributed by atoms with Crippen molar-refractivity contribution in [1.29, 1.82) is 0 Å². The molecule has 3 saturated carbocycles. The second-order valence-corrected chi connectivity index (χ2v) is 10.8. The lowest BCUT2D eigenvalue weighted by atomic mass is 9.99. The van der Waals surface area contributed by atoms with Gasteiger partial charge >= 0.3 is 0 Å². The van der Waals surface area contributed by atoms with Gasteiger partial charge in [0.05, 0.1) is 0 Å². The minimum atomic E-state index is 0.368. The molecule has 116 valence electrons. The molecular formula is C19H35P. The number of rotatable bonds is 3. The maximum Gasteiger partial charge on any atom is -0.0204 e. The molecule has 3 fully saturated rings. The molecule has 0 saturated heterocycles. The molecule has 0 aromatic heterocycles. The molecule has 0 aromatic carbocycles. The van der Waals surface area contributed by atoms with Crippen LogP contribution in [0, 0.1) is 0 Å². The predicted molar refractivity (Wildman–Crippen MR) is 92.2 cm³/mol. The van der Waals surface area contributed by atoms with Crippen molar-refractivity contribution >= 4 is 7.92 Å². The molecule has 0 unspecified atom stereocenters. The van der Waals surface area contributed by atoms with E-state index in [0.29, 0.717) is 7.92 Å². The lowest BCUT2D eigenvalue weighted by molar-refractivity contribution is 0.477. The molecule has 0 nitrogen and oxygen atoms in total. The van der Waals surface area contributed by atoms with Crippen LogP contribution in [0.4, 0.5) is 0 Å². The average molecular weight is 294 g/mol. The molecule has 0 atom stereocenters. The lowest BCUT2D eigenvalue weighted by Gasteiger charge is -2.43. The summed E-state index contributed by atoms with van der Waals surface area (Å²) in [6.45, 7) is 0. The zero-order chi connectivity index (χ0) is 13.6. The van der Waals surface area contributed by atoms with Gasteiger partial charge in [-0.2, -0.15) is 0 Å². The maximum absolute atomic E-state index is 1.61. The Morgan fingerprint density at radius 2 is 0.600 bits per heavy atom. The maximum atomic E-state index is 1.61.